The molecule has 4 rings (SSSR count). The van der Waals surface area contributed by atoms with Crippen LogP contribution in [0.25, 0.3) is 10.8 Å². The number of amides is 1. The summed E-state index contributed by atoms with van der Waals surface area (Å²) in [6, 6.07) is 18.7. The molecular formula is C20H14FN3O2S2. The van der Waals surface area contributed by atoms with Crippen LogP contribution in [-0.2, 0) is 4.79 Å². The molecule has 0 saturated carbocycles. The predicted octanol–water partition coefficient (Wildman–Crippen LogP) is 5.41. The van der Waals surface area contributed by atoms with Crippen molar-refractivity contribution in [2.24, 2.45) is 0 Å². The number of nitrogens with one attached hydrogen (secondary N) is 1. The molecule has 0 fully saturated rings. The van der Waals surface area contributed by atoms with E-state index in [0.29, 0.717) is 16.8 Å². The first-order valence-corrected chi connectivity index (χ1v) is 10.1. The lowest BCUT2D eigenvalue weighted by molar-refractivity contribution is -0.115. The van der Waals surface area contributed by atoms with Gasteiger partial charge in [0.05, 0.1) is 4.88 Å². The van der Waals surface area contributed by atoms with Gasteiger partial charge in [-0.05, 0) is 53.0 Å². The molecule has 1 amide bonds. The molecule has 0 aliphatic rings. The fraction of sp³-hybridized carbons (Fsp3) is 0.0500. The molecule has 5 nitrogen and oxygen atoms in total. The zero-order valence-electron chi connectivity index (χ0n) is 14.4. The Morgan fingerprint density at radius 1 is 1.04 bits per heavy atom. The van der Waals surface area contributed by atoms with E-state index in [1.165, 1.54) is 47.4 Å². The number of halogens is 1. The Morgan fingerprint density at radius 2 is 1.82 bits per heavy atom. The highest BCUT2D eigenvalue weighted by molar-refractivity contribution is 8.00. The lowest BCUT2D eigenvalue weighted by atomic mass is 10.1. The molecule has 2 aromatic carbocycles. The normalized spacial score (nSPS) is 11.9. The van der Waals surface area contributed by atoms with Crippen molar-refractivity contribution in [2.45, 2.75) is 10.5 Å². The van der Waals surface area contributed by atoms with E-state index in [0.717, 1.165) is 10.4 Å². The van der Waals surface area contributed by atoms with Crippen LogP contribution in [0.4, 0.5) is 10.1 Å². The summed E-state index contributed by atoms with van der Waals surface area (Å²) < 4.78 is 18.8. The Hall–Kier alpha value is -2.97. The second-order valence-electron chi connectivity index (χ2n) is 5.76. The molecule has 2 aromatic heterocycles. The van der Waals surface area contributed by atoms with Gasteiger partial charge in [-0.25, -0.2) is 4.39 Å². The fourth-order valence-corrected chi connectivity index (χ4v) is 4.02. The second-order valence-corrected chi connectivity index (χ2v) is 7.76. The monoisotopic (exact) mass is 411 g/mol. The number of nitrogens with zero attached hydrogens (tertiary/aromatic N) is 2. The van der Waals surface area contributed by atoms with Gasteiger partial charge in [-0.1, -0.05) is 36.4 Å². The highest BCUT2D eigenvalue weighted by Gasteiger charge is 2.25. The summed E-state index contributed by atoms with van der Waals surface area (Å²) >= 11 is 2.67. The molecule has 4 aromatic rings. The molecule has 0 unspecified atom stereocenters. The molecule has 8 heteroatoms. The number of benzene rings is 2. The Kier molecular flexibility index (Phi) is 5.50. The van der Waals surface area contributed by atoms with Gasteiger partial charge in [-0.2, -0.15) is 0 Å². The van der Waals surface area contributed by atoms with E-state index in [1.54, 1.807) is 0 Å². The van der Waals surface area contributed by atoms with Crippen LogP contribution in [-0.4, -0.2) is 16.1 Å². The van der Waals surface area contributed by atoms with E-state index in [4.69, 9.17) is 4.42 Å². The number of rotatable bonds is 6. The maximum absolute atomic E-state index is 13.1. The van der Waals surface area contributed by atoms with E-state index < -0.39 is 5.25 Å². The van der Waals surface area contributed by atoms with Crippen molar-refractivity contribution in [3.8, 4) is 10.8 Å². The Balaban J connectivity index is 1.57. The van der Waals surface area contributed by atoms with Gasteiger partial charge in [-0.3, -0.25) is 4.79 Å². The largest absolute Gasteiger partial charge is 0.410 e. The molecule has 0 aliphatic carbocycles. The van der Waals surface area contributed by atoms with E-state index in [-0.39, 0.29) is 11.7 Å². The van der Waals surface area contributed by atoms with Crippen molar-refractivity contribution in [1.82, 2.24) is 10.2 Å². The molecule has 1 N–H and O–H groups in total. The third kappa shape index (κ3) is 4.29. The first kappa shape index (κ1) is 18.4. The average Bonchev–Trinajstić information content (AvgIpc) is 3.40. The summed E-state index contributed by atoms with van der Waals surface area (Å²) in [5.41, 5.74) is 1.31. The smallest absolute Gasteiger partial charge is 0.278 e. The van der Waals surface area contributed by atoms with Crippen LogP contribution in [0.1, 0.15) is 10.8 Å². The maximum Gasteiger partial charge on any atom is 0.278 e. The quantitative estimate of drug-likeness (QED) is 0.430. The minimum atomic E-state index is -0.608. The maximum atomic E-state index is 13.1. The minimum absolute atomic E-state index is 0.265. The first-order chi connectivity index (χ1) is 13.7. The molecule has 0 aliphatic heterocycles. The molecule has 2 heterocycles. The number of anilines is 1. The zero-order chi connectivity index (χ0) is 19.3. The van der Waals surface area contributed by atoms with Gasteiger partial charge in [-0.15, -0.1) is 21.5 Å². The summed E-state index contributed by atoms with van der Waals surface area (Å²) in [6.07, 6.45) is 0. The minimum Gasteiger partial charge on any atom is -0.410 e. The van der Waals surface area contributed by atoms with E-state index in [1.807, 2.05) is 47.8 Å². The van der Waals surface area contributed by atoms with Crippen LogP contribution in [0.2, 0.25) is 0 Å². The molecular weight excluding hydrogens is 397 g/mol. The molecule has 28 heavy (non-hydrogen) atoms. The van der Waals surface area contributed by atoms with Gasteiger partial charge in [0.1, 0.15) is 11.1 Å². The van der Waals surface area contributed by atoms with Crippen molar-refractivity contribution in [2.75, 3.05) is 5.32 Å². The molecule has 0 spiro atoms. The van der Waals surface area contributed by atoms with E-state index in [2.05, 4.69) is 15.5 Å². The van der Waals surface area contributed by atoms with Crippen molar-refractivity contribution in [3.63, 3.8) is 0 Å². The predicted molar refractivity (Wildman–Crippen MR) is 108 cm³/mol. The lowest BCUT2D eigenvalue weighted by Crippen LogP contribution is -2.19. The van der Waals surface area contributed by atoms with Gasteiger partial charge in [0.15, 0.2) is 0 Å². The standard InChI is InChI=1S/C20H14FN3O2S2/c21-14-8-10-15(11-9-14)22-18(25)17(13-5-2-1-3-6-13)28-20-24-23-19(26-20)16-7-4-12-27-16/h1-12,17H,(H,22,25)/t17-/m1/s1. The molecule has 0 radical (unpaired) electrons. The van der Waals surface area contributed by atoms with Crippen LogP contribution in [0.3, 0.4) is 0 Å². The van der Waals surface area contributed by atoms with Crippen molar-refractivity contribution < 1.29 is 13.6 Å². The van der Waals surface area contributed by atoms with Gasteiger partial charge >= 0.3 is 0 Å². The van der Waals surface area contributed by atoms with Crippen LogP contribution in [0.5, 0.6) is 0 Å². The Labute approximate surface area is 168 Å². The number of carbonyl (C=O) groups excluding carboxylic acids is 1. The van der Waals surface area contributed by atoms with Crippen molar-refractivity contribution >= 4 is 34.7 Å². The summed E-state index contributed by atoms with van der Waals surface area (Å²) in [6.45, 7) is 0. The van der Waals surface area contributed by atoms with Crippen molar-refractivity contribution in [1.29, 1.82) is 0 Å². The van der Waals surface area contributed by atoms with Gasteiger partial charge in [0.2, 0.25) is 5.91 Å². The van der Waals surface area contributed by atoms with E-state index >= 15 is 0 Å². The second kappa shape index (κ2) is 8.37. The van der Waals surface area contributed by atoms with Gasteiger partial charge in [0, 0.05) is 5.69 Å². The highest BCUT2D eigenvalue weighted by atomic mass is 32.2. The first-order valence-electron chi connectivity index (χ1n) is 8.34. The Bertz CT molecular complexity index is 1050. The number of carbonyl (C=O) groups is 1. The molecule has 0 bridgehead atoms. The zero-order valence-corrected chi connectivity index (χ0v) is 16.0. The number of thioether (sulfide) groups is 1. The third-order valence-corrected chi connectivity index (χ3v) is 5.76. The Morgan fingerprint density at radius 3 is 2.54 bits per heavy atom. The fourth-order valence-electron chi connectivity index (χ4n) is 2.50. The molecule has 140 valence electrons. The topological polar surface area (TPSA) is 68.0 Å². The summed E-state index contributed by atoms with van der Waals surface area (Å²) in [7, 11) is 0. The van der Waals surface area contributed by atoms with Crippen molar-refractivity contribution in [3.05, 3.63) is 83.5 Å². The third-order valence-electron chi connectivity index (χ3n) is 3.81. The van der Waals surface area contributed by atoms with Crippen LogP contribution >= 0.6 is 23.1 Å². The SMILES string of the molecule is O=C(Nc1ccc(F)cc1)[C@H](Sc1nnc(-c2cccs2)o1)c1ccccc1. The average molecular weight is 411 g/mol. The van der Waals surface area contributed by atoms with Gasteiger partial charge in [0.25, 0.3) is 11.1 Å². The van der Waals surface area contributed by atoms with E-state index in [9.17, 15) is 9.18 Å². The summed E-state index contributed by atoms with van der Waals surface area (Å²) in [5, 5.41) is 12.5. The van der Waals surface area contributed by atoms with Crippen LogP contribution in [0.15, 0.2) is 81.8 Å². The van der Waals surface area contributed by atoms with Crippen LogP contribution < -0.4 is 5.32 Å². The lowest BCUT2D eigenvalue weighted by Gasteiger charge is -2.15. The number of aromatic nitrogens is 2. The summed E-state index contributed by atoms with van der Waals surface area (Å²) in [5.74, 6) is -0.208. The number of thiophene rings is 1. The number of hydrogen-bond donors (Lipinski definition) is 1. The molecule has 0 saturated heterocycles. The molecule has 1 atom stereocenters. The van der Waals surface area contributed by atoms with Crippen LogP contribution in [0, 0.1) is 5.82 Å². The number of hydrogen-bond acceptors (Lipinski definition) is 6. The highest BCUT2D eigenvalue weighted by Crippen LogP contribution is 2.37. The summed E-state index contributed by atoms with van der Waals surface area (Å²) in [4.78, 5) is 13.8. The van der Waals surface area contributed by atoms with Gasteiger partial charge < -0.3 is 9.73 Å².